The zero-order valence-corrected chi connectivity index (χ0v) is 4.96. The third kappa shape index (κ3) is 2.58. The van der Waals surface area contributed by atoms with Crippen molar-refractivity contribution in [1.29, 1.82) is 0 Å². The van der Waals surface area contributed by atoms with Crippen LogP contribution in [0, 0.1) is 0 Å². The zero-order chi connectivity index (χ0) is 4.99. The van der Waals surface area contributed by atoms with E-state index in [2.05, 4.69) is 14.5 Å². The third-order valence-electron chi connectivity index (χ3n) is 0.558. The van der Waals surface area contributed by atoms with Gasteiger partial charge in [0.25, 0.3) is 0 Å². The molecule has 0 bridgehead atoms. The van der Waals surface area contributed by atoms with Gasteiger partial charge in [-0.3, -0.25) is 5.09 Å². The van der Waals surface area contributed by atoms with Crippen LogP contribution in [0.3, 0.4) is 0 Å². The second kappa shape index (κ2) is 3.54. The van der Waals surface area contributed by atoms with Gasteiger partial charge in [0.05, 0.1) is 6.61 Å². The molecule has 0 aromatic heterocycles. The van der Waals surface area contributed by atoms with Crippen molar-refractivity contribution in [3.63, 3.8) is 0 Å². The Balaban J connectivity index is 2.75. The van der Waals surface area contributed by atoms with Crippen LogP contribution in [0.2, 0.25) is 0 Å². The Hall–Kier alpha value is 0.350. The summed E-state index contributed by atoms with van der Waals surface area (Å²) in [5.41, 5.74) is 0. The summed E-state index contributed by atoms with van der Waals surface area (Å²) in [5, 5.41) is 11.0. The average molecular weight is 107 g/mol. The maximum absolute atomic E-state index is 8.26. The molecule has 0 aromatic carbocycles. The quantitative estimate of drug-likeness (QED) is 0.477. The Kier molecular flexibility index (Phi) is 3.74. The zero-order valence-electron chi connectivity index (χ0n) is 3.81. The summed E-state index contributed by atoms with van der Waals surface area (Å²) in [7, 11) is 2.33. The van der Waals surface area contributed by atoms with Crippen molar-refractivity contribution in [2.75, 3.05) is 6.61 Å². The summed E-state index contributed by atoms with van der Waals surface area (Å²) in [6.45, 7) is 2.09. The lowest BCUT2D eigenvalue weighted by atomic mass is 10.4. The second-order valence-corrected chi connectivity index (χ2v) is 1.58. The largest absolute Gasteiger partial charge is 0.395 e. The van der Waals surface area contributed by atoms with Gasteiger partial charge < -0.3 is 5.11 Å². The van der Waals surface area contributed by atoms with Gasteiger partial charge in [-0.25, -0.2) is 0 Å². The van der Waals surface area contributed by atoms with Crippen molar-refractivity contribution in [2.24, 2.45) is 0 Å². The monoisotopic (exact) mass is 107 g/mol. The summed E-state index contributed by atoms with van der Waals surface area (Å²) in [6.07, 6.45) is 0. The highest BCUT2D eigenvalue weighted by Crippen LogP contribution is 1.78. The van der Waals surface area contributed by atoms with E-state index in [0.29, 0.717) is 0 Å². The molecule has 2 N–H and O–H groups in total. The number of hydrogen-bond donors (Lipinski definition) is 2. The Morgan fingerprint density at radius 1 is 2.00 bits per heavy atom. The normalized spacial score (nSPS) is 14.5. The number of nitrogens with one attached hydrogen (secondary N) is 1. The fourth-order valence-electron chi connectivity index (χ4n) is 0.0527. The number of hydrogen-bond acceptors (Lipinski definition) is 2. The van der Waals surface area contributed by atoms with Crippen LogP contribution in [-0.4, -0.2) is 17.8 Å². The molecule has 0 radical (unpaired) electrons. The highest BCUT2D eigenvalue weighted by Gasteiger charge is 1.88. The highest BCUT2D eigenvalue weighted by atomic mass is 31.0. The van der Waals surface area contributed by atoms with Gasteiger partial charge >= 0.3 is 0 Å². The molecule has 0 saturated heterocycles. The van der Waals surface area contributed by atoms with E-state index in [9.17, 15) is 0 Å². The fourth-order valence-corrected chi connectivity index (χ4v) is 0.158. The lowest BCUT2D eigenvalue weighted by molar-refractivity contribution is 0.267. The maximum Gasteiger partial charge on any atom is 0.0584 e. The van der Waals surface area contributed by atoms with Crippen molar-refractivity contribution in [1.82, 2.24) is 5.09 Å². The van der Waals surface area contributed by atoms with Gasteiger partial charge in [-0.05, 0) is 6.92 Å². The summed E-state index contributed by atoms with van der Waals surface area (Å²) >= 11 is 0. The molecule has 0 rings (SSSR count). The molecule has 0 spiro atoms. The van der Waals surface area contributed by atoms with E-state index >= 15 is 0 Å². The molecule has 0 aromatic rings. The molecule has 0 fully saturated rings. The molecule has 0 heterocycles. The van der Waals surface area contributed by atoms with Crippen molar-refractivity contribution >= 4 is 9.39 Å². The molecule has 0 aliphatic carbocycles. The average Bonchev–Trinajstić information content (AvgIpc) is 1.65. The second-order valence-electron chi connectivity index (χ2n) is 1.25. The van der Waals surface area contributed by atoms with Crippen LogP contribution in [0.4, 0.5) is 0 Å². The molecular formula is C3H10NOP. The smallest absolute Gasteiger partial charge is 0.0584 e. The van der Waals surface area contributed by atoms with E-state index in [1.807, 2.05) is 6.92 Å². The summed E-state index contributed by atoms with van der Waals surface area (Å²) in [6, 6.07) is 0.204. The van der Waals surface area contributed by atoms with Crippen LogP contribution in [0.25, 0.3) is 0 Å². The Morgan fingerprint density at radius 3 is 2.50 bits per heavy atom. The Bertz CT molecular complexity index is 30.0. The number of aliphatic hydroxyl groups is 1. The first kappa shape index (κ1) is 6.35. The molecule has 38 valence electrons. The molecular weight excluding hydrogens is 97.0 g/mol. The molecule has 3 heteroatoms. The minimum atomic E-state index is 0.198. The van der Waals surface area contributed by atoms with Gasteiger partial charge in [0.1, 0.15) is 0 Å². The van der Waals surface area contributed by atoms with Crippen LogP contribution in [0.15, 0.2) is 0 Å². The van der Waals surface area contributed by atoms with Gasteiger partial charge in [0.15, 0.2) is 0 Å². The third-order valence-corrected chi connectivity index (χ3v) is 1.13. The van der Waals surface area contributed by atoms with E-state index in [4.69, 9.17) is 5.11 Å². The molecule has 0 saturated carbocycles. The lowest BCUT2D eigenvalue weighted by Crippen LogP contribution is -2.19. The van der Waals surface area contributed by atoms with E-state index in [-0.39, 0.29) is 12.6 Å². The summed E-state index contributed by atoms with van der Waals surface area (Å²) in [4.78, 5) is 0. The van der Waals surface area contributed by atoms with E-state index < -0.39 is 0 Å². The minimum absolute atomic E-state index is 0.198. The van der Waals surface area contributed by atoms with Crippen molar-refractivity contribution in [2.45, 2.75) is 13.0 Å². The molecule has 0 amide bonds. The molecule has 2 nitrogen and oxygen atoms in total. The van der Waals surface area contributed by atoms with Gasteiger partial charge in [-0.1, -0.05) is 9.39 Å². The van der Waals surface area contributed by atoms with E-state index in [1.165, 1.54) is 0 Å². The molecule has 1 unspecified atom stereocenters. The predicted molar refractivity (Wildman–Crippen MR) is 29.4 cm³/mol. The molecule has 0 aliphatic heterocycles. The first-order valence-corrected chi connectivity index (χ1v) is 2.46. The Labute approximate surface area is 40.2 Å². The standard InChI is InChI=1S/C3H10NOP/c1-3(2-5)4-6/h3-5H,2,6H2,1H3/t3-/m1/s1. The Morgan fingerprint density at radius 2 is 2.50 bits per heavy atom. The first-order chi connectivity index (χ1) is 2.81. The van der Waals surface area contributed by atoms with Crippen LogP contribution in [0.5, 0.6) is 0 Å². The van der Waals surface area contributed by atoms with E-state index in [1.54, 1.807) is 0 Å². The first-order valence-electron chi connectivity index (χ1n) is 1.88. The topological polar surface area (TPSA) is 32.3 Å². The van der Waals surface area contributed by atoms with Gasteiger partial charge in [0, 0.05) is 6.04 Å². The van der Waals surface area contributed by atoms with Gasteiger partial charge in [0.2, 0.25) is 0 Å². The lowest BCUT2D eigenvalue weighted by Gasteiger charge is -2.01. The van der Waals surface area contributed by atoms with Crippen molar-refractivity contribution in [3.8, 4) is 0 Å². The van der Waals surface area contributed by atoms with Crippen LogP contribution in [-0.2, 0) is 0 Å². The van der Waals surface area contributed by atoms with E-state index in [0.717, 1.165) is 0 Å². The van der Waals surface area contributed by atoms with Crippen LogP contribution < -0.4 is 5.09 Å². The molecule has 6 heavy (non-hydrogen) atoms. The number of aliphatic hydroxyl groups excluding tert-OH is 1. The fraction of sp³-hybridized carbons (Fsp3) is 1.00. The van der Waals surface area contributed by atoms with Crippen molar-refractivity contribution < 1.29 is 5.11 Å². The van der Waals surface area contributed by atoms with Gasteiger partial charge in [-0.15, -0.1) is 0 Å². The van der Waals surface area contributed by atoms with Crippen molar-refractivity contribution in [3.05, 3.63) is 0 Å². The van der Waals surface area contributed by atoms with Gasteiger partial charge in [-0.2, -0.15) is 0 Å². The van der Waals surface area contributed by atoms with Crippen LogP contribution in [0.1, 0.15) is 6.92 Å². The number of rotatable bonds is 2. The summed E-state index contributed by atoms with van der Waals surface area (Å²) in [5.74, 6) is 0. The predicted octanol–water partition coefficient (Wildman–Crippen LogP) is -0.253. The SMILES string of the molecule is C[C@H](CO)NP. The highest BCUT2D eigenvalue weighted by molar-refractivity contribution is 7.13. The van der Waals surface area contributed by atoms with Crippen LogP contribution >= 0.6 is 9.39 Å². The molecule has 0 aliphatic rings. The maximum atomic E-state index is 8.26. The minimum Gasteiger partial charge on any atom is -0.395 e. The summed E-state index contributed by atoms with van der Waals surface area (Å²) < 4.78 is 0. The molecule has 2 atom stereocenters.